The summed E-state index contributed by atoms with van der Waals surface area (Å²) in [5, 5.41) is 3.04. The molecule has 2 heterocycles. The second kappa shape index (κ2) is 8.58. The lowest BCUT2D eigenvalue weighted by Gasteiger charge is -2.09. The predicted octanol–water partition coefficient (Wildman–Crippen LogP) is 7.04. The Kier molecular flexibility index (Phi) is 5.33. The average Bonchev–Trinajstić information content (AvgIpc) is 3.25. The van der Waals surface area contributed by atoms with Crippen molar-refractivity contribution in [3.8, 4) is 28.5 Å². The minimum absolute atomic E-state index is 0.530. The van der Waals surface area contributed by atoms with Crippen LogP contribution in [0.25, 0.3) is 21.3 Å². The number of thiophene rings is 1. The number of hydrogen-bond donors (Lipinski definition) is 0. The molecule has 4 nitrogen and oxygen atoms in total. The van der Waals surface area contributed by atoms with E-state index in [1.807, 2.05) is 54.6 Å². The maximum absolute atomic E-state index is 6.15. The largest absolute Gasteiger partial charge is 0.489 e. The van der Waals surface area contributed by atoms with Crippen LogP contribution in [0.15, 0.2) is 90.6 Å². The smallest absolute Gasteiger partial charge is 0.231 e. The van der Waals surface area contributed by atoms with Crippen LogP contribution in [0, 0.1) is 6.92 Å². The Morgan fingerprint density at radius 1 is 0.806 bits per heavy atom. The molecule has 0 fully saturated rings. The molecule has 5 aromatic rings. The number of aromatic nitrogens is 2. The molecule has 5 heteroatoms. The van der Waals surface area contributed by atoms with Crippen molar-refractivity contribution >= 4 is 21.6 Å². The minimum Gasteiger partial charge on any atom is -0.489 e. The van der Waals surface area contributed by atoms with Gasteiger partial charge in [-0.25, -0.2) is 9.97 Å². The third kappa shape index (κ3) is 4.27. The fraction of sp³-hybridized carbons (Fsp3) is 0.0769. The van der Waals surface area contributed by atoms with Crippen molar-refractivity contribution in [3.63, 3.8) is 0 Å². The summed E-state index contributed by atoms with van der Waals surface area (Å²) in [5.74, 6) is 2.05. The third-order valence-electron chi connectivity index (χ3n) is 4.98. The number of benzene rings is 3. The van der Waals surface area contributed by atoms with E-state index in [4.69, 9.17) is 9.47 Å². The van der Waals surface area contributed by atoms with Gasteiger partial charge in [-0.3, -0.25) is 0 Å². The molecule has 5 rings (SSSR count). The van der Waals surface area contributed by atoms with Gasteiger partial charge in [0.25, 0.3) is 0 Å². The summed E-state index contributed by atoms with van der Waals surface area (Å²) in [5.41, 5.74) is 4.57. The van der Waals surface area contributed by atoms with E-state index in [0.29, 0.717) is 18.2 Å². The van der Waals surface area contributed by atoms with Gasteiger partial charge in [0, 0.05) is 10.9 Å². The molecule has 0 saturated heterocycles. The fourth-order valence-electron chi connectivity index (χ4n) is 3.33. The van der Waals surface area contributed by atoms with Gasteiger partial charge in [0.2, 0.25) is 5.88 Å². The minimum atomic E-state index is 0.530. The standard InChI is InChI=1S/C26H20N2O2S/c1-18-7-9-20(10-8-18)23-16-31-26-24(23)25(27-17-28-26)30-22-13-11-21(12-14-22)29-15-19-5-3-2-4-6-19/h2-14,16-17H,15H2,1H3. The van der Waals surface area contributed by atoms with Gasteiger partial charge in [-0.15, -0.1) is 11.3 Å². The van der Waals surface area contributed by atoms with E-state index in [2.05, 4.69) is 46.5 Å². The van der Waals surface area contributed by atoms with Crippen LogP contribution >= 0.6 is 11.3 Å². The first-order valence-corrected chi connectivity index (χ1v) is 10.9. The first-order chi connectivity index (χ1) is 15.3. The Labute approximate surface area is 184 Å². The molecule has 31 heavy (non-hydrogen) atoms. The number of aryl methyl sites for hydroxylation is 1. The van der Waals surface area contributed by atoms with Crippen LogP contribution in [0.2, 0.25) is 0 Å². The Hall–Kier alpha value is -3.70. The van der Waals surface area contributed by atoms with Crippen LogP contribution in [0.5, 0.6) is 17.4 Å². The first kappa shape index (κ1) is 19.3. The van der Waals surface area contributed by atoms with Crippen molar-refractivity contribution in [2.24, 2.45) is 0 Å². The summed E-state index contributed by atoms with van der Waals surface area (Å²) in [6, 6.07) is 26.2. The molecule has 0 aliphatic carbocycles. The molecule has 0 atom stereocenters. The second-order valence-electron chi connectivity index (χ2n) is 7.22. The SMILES string of the molecule is Cc1ccc(-c2csc3ncnc(Oc4ccc(OCc5ccccc5)cc4)c23)cc1. The van der Waals surface area contributed by atoms with E-state index >= 15 is 0 Å². The average molecular weight is 425 g/mol. The van der Waals surface area contributed by atoms with Gasteiger partial charge in [-0.2, -0.15) is 0 Å². The first-order valence-electron chi connectivity index (χ1n) is 10.0. The lowest BCUT2D eigenvalue weighted by atomic mass is 10.0. The normalized spacial score (nSPS) is 10.9. The topological polar surface area (TPSA) is 44.2 Å². The van der Waals surface area contributed by atoms with E-state index in [0.717, 1.165) is 32.7 Å². The molecule has 0 amide bonds. The fourth-order valence-corrected chi connectivity index (χ4v) is 4.23. The van der Waals surface area contributed by atoms with Crippen molar-refractivity contribution in [1.82, 2.24) is 9.97 Å². The van der Waals surface area contributed by atoms with Crippen molar-refractivity contribution < 1.29 is 9.47 Å². The molecule has 3 aromatic carbocycles. The number of rotatable bonds is 6. The molecular formula is C26H20N2O2S. The van der Waals surface area contributed by atoms with Crippen LogP contribution in [0.4, 0.5) is 0 Å². The van der Waals surface area contributed by atoms with Crippen molar-refractivity contribution in [1.29, 1.82) is 0 Å². The summed E-state index contributed by atoms with van der Waals surface area (Å²) in [6.45, 7) is 2.61. The Balaban J connectivity index is 1.38. The second-order valence-corrected chi connectivity index (χ2v) is 8.08. The lowest BCUT2D eigenvalue weighted by molar-refractivity contribution is 0.305. The quantitative estimate of drug-likeness (QED) is 0.293. The highest BCUT2D eigenvalue weighted by Gasteiger charge is 2.15. The van der Waals surface area contributed by atoms with Crippen LogP contribution in [0.1, 0.15) is 11.1 Å². The lowest BCUT2D eigenvalue weighted by Crippen LogP contribution is -1.95. The van der Waals surface area contributed by atoms with Gasteiger partial charge >= 0.3 is 0 Å². The maximum atomic E-state index is 6.15. The highest BCUT2D eigenvalue weighted by molar-refractivity contribution is 7.17. The zero-order valence-electron chi connectivity index (χ0n) is 17.0. The van der Waals surface area contributed by atoms with Crippen molar-refractivity contribution in [2.45, 2.75) is 13.5 Å². The monoisotopic (exact) mass is 424 g/mol. The number of hydrogen-bond acceptors (Lipinski definition) is 5. The summed E-state index contributed by atoms with van der Waals surface area (Å²) >= 11 is 1.59. The highest BCUT2D eigenvalue weighted by Crippen LogP contribution is 2.39. The molecule has 0 aliphatic heterocycles. The van der Waals surface area contributed by atoms with Gasteiger partial charge in [-0.1, -0.05) is 60.2 Å². The molecule has 0 unspecified atom stereocenters. The molecule has 0 radical (unpaired) electrons. The van der Waals surface area contributed by atoms with Crippen LogP contribution in [-0.4, -0.2) is 9.97 Å². The van der Waals surface area contributed by atoms with E-state index in [1.165, 1.54) is 5.56 Å². The molecule has 0 N–H and O–H groups in total. The molecule has 0 spiro atoms. The van der Waals surface area contributed by atoms with Crippen molar-refractivity contribution in [2.75, 3.05) is 0 Å². The molecule has 0 aliphatic rings. The highest BCUT2D eigenvalue weighted by atomic mass is 32.1. The number of nitrogens with zero attached hydrogens (tertiary/aromatic N) is 2. The van der Waals surface area contributed by atoms with E-state index in [1.54, 1.807) is 17.7 Å². The molecule has 152 valence electrons. The van der Waals surface area contributed by atoms with Crippen LogP contribution in [0.3, 0.4) is 0 Å². The Morgan fingerprint density at radius 3 is 2.32 bits per heavy atom. The predicted molar refractivity (Wildman–Crippen MR) is 125 cm³/mol. The van der Waals surface area contributed by atoms with Gasteiger partial charge in [-0.05, 0) is 42.3 Å². The van der Waals surface area contributed by atoms with Gasteiger partial charge < -0.3 is 9.47 Å². The van der Waals surface area contributed by atoms with Gasteiger partial charge in [0.05, 0.1) is 5.39 Å². The third-order valence-corrected chi connectivity index (χ3v) is 5.87. The maximum Gasteiger partial charge on any atom is 0.231 e. The Morgan fingerprint density at radius 2 is 1.55 bits per heavy atom. The van der Waals surface area contributed by atoms with Crippen molar-refractivity contribution in [3.05, 3.63) is 102 Å². The van der Waals surface area contributed by atoms with Crippen LogP contribution < -0.4 is 9.47 Å². The van der Waals surface area contributed by atoms with Crippen LogP contribution in [-0.2, 0) is 6.61 Å². The number of ether oxygens (including phenoxy) is 2. The molecular weight excluding hydrogens is 404 g/mol. The van der Waals surface area contributed by atoms with E-state index < -0.39 is 0 Å². The summed E-state index contributed by atoms with van der Waals surface area (Å²) in [6.07, 6.45) is 1.55. The number of fused-ring (bicyclic) bond motifs is 1. The van der Waals surface area contributed by atoms with Gasteiger partial charge in [0.15, 0.2) is 0 Å². The zero-order valence-corrected chi connectivity index (χ0v) is 17.8. The summed E-state index contributed by atoms with van der Waals surface area (Å²) < 4.78 is 12.0. The molecule has 2 aromatic heterocycles. The van der Waals surface area contributed by atoms with E-state index in [9.17, 15) is 0 Å². The van der Waals surface area contributed by atoms with E-state index in [-0.39, 0.29) is 0 Å². The molecule has 0 bridgehead atoms. The van der Waals surface area contributed by atoms with Gasteiger partial charge in [0.1, 0.15) is 29.3 Å². The Bertz CT molecular complexity index is 1300. The molecule has 0 saturated carbocycles. The summed E-state index contributed by atoms with van der Waals surface area (Å²) in [7, 11) is 0. The zero-order chi connectivity index (χ0) is 21.0. The summed E-state index contributed by atoms with van der Waals surface area (Å²) in [4.78, 5) is 9.75.